The molecule has 0 N–H and O–H groups in total. The molecule has 1 aromatic heterocycles. The molecule has 6 nitrogen and oxygen atoms in total. The predicted molar refractivity (Wildman–Crippen MR) is 85.4 cm³/mol. The van der Waals surface area contributed by atoms with Crippen LogP contribution < -0.4 is 4.74 Å². The summed E-state index contributed by atoms with van der Waals surface area (Å²) in [6, 6.07) is 7.54. The van der Waals surface area contributed by atoms with Crippen molar-refractivity contribution in [1.82, 2.24) is 9.88 Å². The maximum atomic E-state index is 12.0. The standard InChI is InChI=1S/C17H22N2O4/c1-17(2,3)23-16(20)19-9-8-12(10-19)11-21-15-18-13-6-4-5-7-14(13)22-15/h4-7,12H,8-11H2,1-3H3. The fourth-order valence-electron chi connectivity index (χ4n) is 2.56. The van der Waals surface area contributed by atoms with Crippen molar-refractivity contribution in [1.29, 1.82) is 0 Å². The second kappa shape index (κ2) is 6.10. The highest BCUT2D eigenvalue weighted by Crippen LogP contribution is 2.23. The summed E-state index contributed by atoms with van der Waals surface area (Å²) in [5, 5.41) is 0. The number of carbonyl (C=O) groups excluding carboxylic acids is 1. The lowest BCUT2D eigenvalue weighted by atomic mass is 10.1. The minimum atomic E-state index is -0.468. The highest BCUT2D eigenvalue weighted by Gasteiger charge is 2.30. The van der Waals surface area contributed by atoms with Crippen LogP contribution in [-0.2, 0) is 4.74 Å². The molecule has 1 atom stereocenters. The molecule has 0 spiro atoms. The molecule has 2 heterocycles. The Kier molecular flexibility index (Phi) is 4.15. The van der Waals surface area contributed by atoms with Gasteiger partial charge in [0.2, 0.25) is 0 Å². The number of rotatable bonds is 3. The van der Waals surface area contributed by atoms with Crippen molar-refractivity contribution in [3.8, 4) is 6.08 Å². The molecule has 3 rings (SSSR count). The van der Waals surface area contributed by atoms with Gasteiger partial charge >= 0.3 is 12.2 Å². The van der Waals surface area contributed by atoms with E-state index in [0.717, 1.165) is 11.9 Å². The Morgan fingerprint density at radius 2 is 2.17 bits per heavy atom. The highest BCUT2D eigenvalue weighted by molar-refractivity contribution is 5.72. The smallest absolute Gasteiger partial charge is 0.410 e. The zero-order valence-corrected chi connectivity index (χ0v) is 13.7. The monoisotopic (exact) mass is 318 g/mol. The SMILES string of the molecule is CC(C)(C)OC(=O)N1CCC(COc2nc3ccccc3o2)C1. The van der Waals surface area contributed by atoms with E-state index in [1.54, 1.807) is 4.90 Å². The van der Waals surface area contributed by atoms with Crippen LogP contribution in [0.2, 0.25) is 0 Å². The molecule has 6 heteroatoms. The van der Waals surface area contributed by atoms with Gasteiger partial charge in [-0.3, -0.25) is 0 Å². The lowest BCUT2D eigenvalue weighted by Crippen LogP contribution is -2.35. The Morgan fingerprint density at radius 3 is 2.91 bits per heavy atom. The van der Waals surface area contributed by atoms with Crippen molar-refractivity contribution in [3.05, 3.63) is 24.3 Å². The number of likely N-dealkylation sites (tertiary alicyclic amines) is 1. The molecule has 2 aromatic rings. The normalized spacial score (nSPS) is 18.4. The maximum Gasteiger partial charge on any atom is 0.410 e. The fraction of sp³-hybridized carbons (Fsp3) is 0.529. The second-order valence-electron chi connectivity index (χ2n) is 6.84. The number of para-hydroxylation sites is 2. The quantitative estimate of drug-likeness (QED) is 0.867. The highest BCUT2D eigenvalue weighted by atomic mass is 16.6. The molecule has 0 aliphatic carbocycles. The molecule has 124 valence electrons. The van der Waals surface area contributed by atoms with Crippen molar-refractivity contribution in [2.75, 3.05) is 19.7 Å². The van der Waals surface area contributed by atoms with Crippen LogP contribution in [-0.4, -0.2) is 41.3 Å². The zero-order chi connectivity index (χ0) is 16.4. The lowest BCUT2D eigenvalue weighted by Gasteiger charge is -2.24. The first kappa shape index (κ1) is 15.6. The average molecular weight is 318 g/mol. The number of ether oxygens (including phenoxy) is 2. The number of benzene rings is 1. The third kappa shape index (κ3) is 3.94. The van der Waals surface area contributed by atoms with Gasteiger partial charge in [-0.25, -0.2) is 4.79 Å². The summed E-state index contributed by atoms with van der Waals surface area (Å²) >= 11 is 0. The number of hydrogen-bond acceptors (Lipinski definition) is 5. The van der Waals surface area contributed by atoms with E-state index in [0.29, 0.717) is 25.3 Å². The van der Waals surface area contributed by atoms with Crippen molar-refractivity contribution < 1.29 is 18.7 Å². The van der Waals surface area contributed by atoms with Gasteiger partial charge < -0.3 is 18.8 Å². The molecule has 1 saturated heterocycles. The van der Waals surface area contributed by atoms with E-state index in [1.807, 2.05) is 45.0 Å². The van der Waals surface area contributed by atoms with Gasteiger partial charge in [0, 0.05) is 19.0 Å². The van der Waals surface area contributed by atoms with E-state index in [2.05, 4.69) is 4.98 Å². The van der Waals surface area contributed by atoms with Crippen LogP contribution >= 0.6 is 0 Å². The number of nitrogens with zero attached hydrogens (tertiary/aromatic N) is 2. The van der Waals surface area contributed by atoms with Gasteiger partial charge in [-0.15, -0.1) is 0 Å². The number of fused-ring (bicyclic) bond motifs is 1. The van der Waals surface area contributed by atoms with Crippen LogP contribution in [0.3, 0.4) is 0 Å². The van der Waals surface area contributed by atoms with Crippen LogP contribution in [0, 0.1) is 5.92 Å². The van der Waals surface area contributed by atoms with Gasteiger partial charge in [-0.05, 0) is 39.3 Å². The second-order valence-corrected chi connectivity index (χ2v) is 6.84. The molecular weight excluding hydrogens is 296 g/mol. The molecule has 1 amide bonds. The number of carbonyl (C=O) groups is 1. The van der Waals surface area contributed by atoms with E-state index in [1.165, 1.54) is 0 Å². The van der Waals surface area contributed by atoms with Gasteiger partial charge in [-0.2, -0.15) is 4.98 Å². The van der Waals surface area contributed by atoms with E-state index in [9.17, 15) is 4.79 Å². The molecule has 1 unspecified atom stereocenters. The summed E-state index contributed by atoms with van der Waals surface area (Å²) in [4.78, 5) is 18.0. The van der Waals surface area contributed by atoms with Crippen molar-refractivity contribution in [2.45, 2.75) is 32.8 Å². The average Bonchev–Trinajstić information content (AvgIpc) is 3.09. The Bertz CT molecular complexity index is 656. The third-order valence-electron chi connectivity index (χ3n) is 3.65. The number of amides is 1. The van der Waals surface area contributed by atoms with Crippen LogP contribution in [0.25, 0.3) is 11.1 Å². The van der Waals surface area contributed by atoms with Gasteiger partial charge in [0.15, 0.2) is 5.58 Å². The Hall–Kier alpha value is -2.24. The number of oxazole rings is 1. The molecular formula is C17H22N2O4. The summed E-state index contributed by atoms with van der Waals surface area (Å²) < 4.78 is 16.6. The van der Waals surface area contributed by atoms with Crippen LogP contribution in [0.4, 0.5) is 4.79 Å². The molecule has 0 radical (unpaired) electrons. The summed E-state index contributed by atoms with van der Waals surface area (Å²) in [6.45, 7) is 7.41. The molecule has 1 aliphatic rings. The number of hydrogen-bond donors (Lipinski definition) is 0. The van der Waals surface area contributed by atoms with Crippen molar-refractivity contribution >= 4 is 17.2 Å². The lowest BCUT2D eigenvalue weighted by molar-refractivity contribution is 0.0284. The van der Waals surface area contributed by atoms with Gasteiger partial charge in [-0.1, -0.05) is 12.1 Å². The number of aromatic nitrogens is 1. The first-order valence-corrected chi connectivity index (χ1v) is 7.87. The van der Waals surface area contributed by atoms with E-state index in [4.69, 9.17) is 13.9 Å². The maximum absolute atomic E-state index is 12.0. The van der Waals surface area contributed by atoms with Gasteiger partial charge in [0.25, 0.3) is 0 Å². The first-order chi connectivity index (χ1) is 10.9. The Labute approximate surface area is 135 Å². The summed E-state index contributed by atoms with van der Waals surface area (Å²) in [5.74, 6) is 0.262. The third-order valence-corrected chi connectivity index (χ3v) is 3.65. The Balaban J connectivity index is 1.51. The topological polar surface area (TPSA) is 64.8 Å². The van der Waals surface area contributed by atoms with E-state index in [-0.39, 0.29) is 18.1 Å². The van der Waals surface area contributed by atoms with Crippen LogP contribution in [0.5, 0.6) is 6.08 Å². The molecule has 1 fully saturated rings. The molecule has 1 aliphatic heterocycles. The molecule has 1 aromatic carbocycles. The summed E-state index contributed by atoms with van der Waals surface area (Å²) in [5.41, 5.74) is 1.03. The minimum Gasteiger partial charge on any atom is -0.450 e. The molecule has 0 bridgehead atoms. The van der Waals surface area contributed by atoms with Crippen molar-refractivity contribution in [2.24, 2.45) is 5.92 Å². The van der Waals surface area contributed by atoms with Crippen molar-refractivity contribution in [3.63, 3.8) is 0 Å². The van der Waals surface area contributed by atoms with Gasteiger partial charge in [0.05, 0.1) is 6.61 Å². The summed E-state index contributed by atoms with van der Waals surface area (Å²) in [6.07, 6.45) is 0.906. The van der Waals surface area contributed by atoms with Crippen LogP contribution in [0.1, 0.15) is 27.2 Å². The predicted octanol–water partition coefficient (Wildman–Crippen LogP) is 3.46. The van der Waals surface area contributed by atoms with Gasteiger partial charge in [0.1, 0.15) is 11.1 Å². The largest absolute Gasteiger partial charge is 0.450 e. The van der Waals surface area contributed by atoms with Crippen LogP contribution in [0.15, 0.2) is 28.7 Å². The Morgan fingerprint density at radius 1 is 1.39 bits per heavy atom. The van der Waals surface area contributed by atoms with E-state index < -0.39 is 5.60 Å². The molecule has 0 saturated carbocycles. The minimum absolute atomic E-state index is 0.262. The molecule has 23 heavy (non-hydrogen) atoms. The summed E-state index contributed by atoms with van der Waals surface area (Å²) in [7, 11) is 0. The fourth-order valence-corrected chi connectivity index (χ4v) is 2.56. The first-order valence-electron chi connectivity index (χ1n) is 7.87. The zero-order valence-electron chi connectivity index (χ0n) is 13.7. The van der Waals surface area contributed by atoms with E-state index >= 15 is 0 Å².